The second kappa shape index (κ2) is 8.05. The maximum atomic E-state index is 12.9. The van der Waals surface area contributed by atoms with Crippen molar-refractivity contribution < 1.29 is 4.79 Å². The molecule has 3 atom stereocenters. The van der Waals surface area contributed by atoms with Gasteiger partial charge in [0.15, 0.2) is 0 Å². The Hall–Kier alpha value is -2.18. The number of carbonyl (C=O) groups excluding carboxylic acids is 1. The van der Waals surface area contributed by atoms with E-state index in [1.807, 2.05) is 36.2 Å². The SMILES string of the molecule is CCc1cc(C(=O)N2CC3CN(CC[C@H](N)c4ccccc4)CC3C2)n(C)n1. The van der Waals surface area contributed by atoms with Crippen LogP contribution in [0.25, 0.3) is 0 Å². The summed E-state index contributed by atoms with van der Waals surface area (Å²) in [5.41, 5.74) is 9.25. The number of nitrogens with zero attached hydrogens (tertiary/aromatic N) is 4. The van der Waals surface area contributed by atoms with Crippen molar-refractivity contribution in [2.24, 2.45) is 24.6 Å². The lowest BCUT2D eigenvalue weighted by Crippen LogP contribution is -2.34. The number of likely N-dealkylation sites (tertiary alicyclic amines) is 2. The normalized spacial score (nSPS) is 23.2. The number of fused-ring (bicyclic) bond motifs is 1. The summed E-state index contributed by atoms with van der Waals surface area (Å²) in [5, 5.41) is 4.42. The van der Waals surface area contributed by atoms with Crippen LogP contribution in [0, 0.1) is 11.8 Å². The molecular formula is C22H31N5O. The van der Waals surface area contributed by atoms with Crippen LogP contribution < -0.4 is 5.73 Å². The van der Waals surface area contributed by atoms with Crippen molar-refractivity contribution in [2.75, 3.05) is 32.7 Å². The number of nitrogens with two attached hydrogens (primary N) is 1. The van der Waals surface area contributed by atoms with E-state index in [1.165, 1.54) is 5.56 Å². The van der Waals surface area contributed by atoms with Crippen molar-refractivity contribution in [2.45, 2.75) is 25.8 Å². The van der Waals surface area contributed by atoms with Gasteiger partial charge >= 0.3 is 0 Å². The molecule has 6 nitrogen and oxygen atoms in total. The fourth-order valence-electron chi connectivity index (χ4n) is 4.69. The lowest BCUT2D eigenvalue weighted by molar-refractivity contribution is 0.0763. The first-order chi connectivity index (χ1) is 13.5. The number of rotatable bonds is 6. The van der Waals surface area contributed by atoms with Gasteiger partial charge in [0.1, 0.15) is 5.69 Å². The van der Waals surface area contributed by atoms with Crippen molar-refractivity contribution in [3.05, 3.63) is 53.3 Å². The van der Waals surface area contributed by atoms with E-state index in [1.54, 1.807) is 4.68 Å². The van der Waals surface area contributed by atoms with E-state index in [2.05, 4.69) is 29.1 Å². The van der Waals surface area contributed by atoms with Gasteiger partial charge in [0, 0.05) is 39.3 Å². The standard InChI is InChI=1S/C22H31N5O/c1-3-19-11-21(25(2)24-19)22(28)27-14-17-12-26(13-18(17)15-27)10-9-20(23)16-7-5-4-6-8-16/h4-8,11,17-18,20H,3,9-10,12-15,23H2,1-2H3/t17?,18?,20-/m0/s1. The fraction of sp³-hybridized carbons (Fsp3) is 0.545. The zero-order valence-electron chi connectivity index (χ0n) is 16.9. The molecule has 2 aromatic rings. The Labute approximate surface area is 167 Å². The van der Waals surface area contributed by atoms with Crippen LogP contribution in [-0.4, -0.2) is 58.2 Å². The molecule has 2 unspecified atom stereocenters. The van der Waals surface area contributed by atoms with Crippen molar-refractivity contribution in [3.63, 3.8) is 0 Å². The molecule has 2 aliphatic rings. The second-order valence-electron chi connectivity index (χ2n) is 8.29. The molecular weight excluding hydrogens is 350 g/mol. The number of aryl methyl sites for hydroxylation is 2. The molecule has 2 aliphatic heterocycles. The summed E-state index contributed by atoms with van der Waals surface area (Å²) < 4.78 is 1.73. The molecule has 2 N–H and O–H groups in total. The van der Waals surface area contributed by atoms with Crippen LogP contribution in [0.2, 0.25) is 0 Å². The monoisotopic (exact) mass is 381 g/mol. The maximum Gasteiger partial charge on any atom is 0.272 e. The van der Waals surface area contributed by atoms with Gasteiger partial charge in [-0.15, -0.1) is 0 Å². The summed E-state index contributed by atoms with van der Waals surface area (Å²) in [7, 11) is 1.86. The quantitative estimate of drug-likeness (QED) is 0.832. The topological polar surface area (TPSA) is 67.4 Å². The first-order valence-electron chi connectivity index (χ1n) is 10.4. The summed E-state index contributed by atoms with van der Waals surface area (Å²) in [6, 6.07) is 12.4. The van der Waals surface area contributed by atoms with Gasteiger partial charge in [0.05, 0.1) is 5.69 Å². The number of benzene rings is 1. The Kier molecular flexibility index (Phi) is 5.51. The third kappa shape index (κ3) is 3.84. The van der Waals surface area contributed by atoms with Crippen LogP contribution >= 0.6 is 0 Å². The van der Waals surface area contributed by atoms with Crippen molar-refractivity contribution >= 4 is 5.91 Å². The first kappa shape index (κ1) is 19.2. The second-order valence-corrected chi connectivity index (χ2v) is 8.29. The van der Waals surface area contributed by atoms with E-state index in [9.17, 15) is 4.79 Å². The average Bonchev–Trinajstić information content (AvgIpc) is 3.38. The number of amides is 1. The zero-order valence-corrected chi connectivity index (χ0v) is 16.9. The molecule has 2 saturated heterocycles. The molecule has 0 aliphatic carbocycles. The van der Waals surface area contributed by atoms with Gasteiger partial charge in [-0.1, -0.05) is 37.3 Å². The lowest BCUT2D eigenvalue weighted by atomic mass is 10.0. The minimum atomic E-state index is 0.0947. The van der Waals surface area contributed by atoms with Crippen LogP contribution in [0.1, 0.15) is 41.1 Å². The molecule has 4 rings (SSSR count). The van der Waals surface area contributed by atoms with Crippen LogP contribution in [0.3, 0.4) is 0 Å². The Morgan fingerprint density at radius 3 is 2.46 bits per heavy atom. The Bertz CT molecular complexity index is 804. The van der Waals surface area contributed by atoms with Gasteiger partial charge in [-0.25, -0.2) is 0 Å². The lowest BCUT2D eigenvalue weighted by Gasteiger charge is -2.23. The highest BCUT2D eigenvalue weighted by Gasteiger charge is 2.42. The number of aromatic nitrogens is 2. The van der Waals surface area contributed by atoms with Gasteiger partial charge < -0.3 is 15.5 Å². The van der Waals surface area contributed by atoms with Crippen LogP contribution in [0.4, 0.5) is 0 Å². The third-order valence-corrected chi connectivity index (χ3v) is 6.34. The molecule has 28 heavy (non-hydrogen) atoms. The molecule has 150 valence electrons. The molecule has 1 amide bonds. The molecule has 1 aromatic carbocycles. The first-order valence-corrected chi connectivity index (χ1v) is 10.4. The van der Waals surface area contributed by atoms with E-state index >= 15 is 0 Å². The fourth-order valence-corrected chi connectivity index (χ4v) is 4.69. The van der Waals surface area contributed by atoms with E-state index in [0.717, 1.165) is 51.3 Å². The molecule has 0 radical (unpaired) electrons. The van der Waals surface area contributed by atoms with E-state index in [0.29, 0.717) is 17.5 Å². The van der Waals surface area contributed by atoms with Crippen LogP contribution in [-0.2, 0) is 13.5 Å². The average molecular weight is 382 g/mol. The highest BCUT2D eigenvalue weighted by Crippen LogP contribution is 2.32. The summed E-state index contributed by atoms with van der Waals surface area (Å²) in [5.74, 6) is 1.29. The minimum Gasteiger partial charge on any atom is -0.337 e. The molecule has 0 bridgehead atoms. The molecule has 3 heterocycles. The van der Waals surface area contributed by atoms with E-state index < -0.39 is 0 Å². The molecule has 6 heteroatoms. The van der Waals surface area contributed by atoms with Crippen LogP contribution in [0.5, 0.6) is 0 Å². The van der Waals surface area contributed by atoms with Crippen molar-refractivity contribution in [1.29, 1.82) is 0 Å². The molecule has 2 fully saturated rings. The minimum absolute atomic E-state index is 0.0947. The number of carbonyl (C=O) groups is 1. The van der Waals surface area contributed by atoms with Crippen molar-refractivity contribution in [1.82, 2.24) is 19.6 Å². The van der Waals surface area contributed by atoms with Crippen LogP contribution in [0.15, 0.2) is 36.4 Å². The predicted octanol–water partition coefficient (Wildman–Crippen LogP) is 2.08. The van der Waals surface area contributed by atoms with Gasteiger partial charge in [-0.05, 0) is 42.9 Å². The van der Waals surface area contributed by atoms with Gasteiger partial charge in [0.2, 0.25) is 0 Å². The predicted molar refractivity (Wildman–Crippen MR) is 110 cm³/mol. The Morgan fingerprint density at radius 1 is 1.18 bits per heavy atom. The molecule has 0 saturated carbocycles. The van der Waals surface area contributed by atoms with Gasteiger partial charge in [-0.3, -0.25) is 9.48 Å². The molecule has 0 spiro atoms. The molecule has 1 aromatic heterocycles. The maximum absolute atomic E-state index is 12.9. The van der Waals surface area contributed by atoms with Gasteiger partial charge in [-0.2, -0.15) is 5.10 Å². The zero-order chi connectivity index (χ0) is 19.7. The summed E-state index contributed by atoms with van der Waals surface area (Å²) in [6.45, 7) is 6.95. The van der Waals surface area contributed by atoms with E-state index in [-0.39, 0.29) is 11.9 Å². The number of hydrogen-bond acceptors (Lipinski definition) is 4. The summed E-state index contributed by atoms with van der Waals surface area (Å²) in [6.07, 6.45) is 1.83. The van der Waals surface area contributed by atoms with E-state index in [4.69, 9.17) is 5.73 Å². The Balaban J connectivity index is 1.28. The largest absolute Gasteiger partial charge is 0.337 e. The summed E-state index contributed by atoms with van der Waals surface area (Å²) in [4.78, 5) is 17.5. The highest BCUT2D eigenvalue weighted by molar-refractivity contribution is 5.93. The van der Waals surface area contributed by atoms with Gasteiger partial charge in [0.25, 0.3) is 5.91 Å². The third-order valence-electron chi connectivity index (χ3n) is 6.34. The summed E-state index contributed by atoms with van der Waals surface area (Å²) >= 11 is 0. The number of hydrogen-bond donors (Lipinski definition) is 1. The smallest absolute Gasteiger partial charge is 0.272 e. The Morgan fingerprint density at radius 2 is 1.86 bits per heavy atom. The highest BCUT2D eigenvalue weighted by atomic mass is 16.2. The van der Waals surface area contributed by atoms with Crippen molar-refractivity contribution in [3.8, 4) is 0 Å².